The molecule has 1 aromatic heterocycles. The van der Waals surface area contributed by atoms with Crippen molar-refractivity contribution in [2.45, 2.75) is 72.6 Å². The SMILES string of the molecule is CCC[CH2][Sn]([CH2]CCC)([CH2]CCC)[c]1ccc(C(=O)O)s1. The first-order valence-electron chi connectivity index (χ1n) is 8.43. The summed E-state index contributed by atoms with van der Waals surface area (Å²) in [5.74, 6) is -0.757. The quantitative estimate of drug-likeness (QED) is 0.483. The van der Waals surface area contributed by atoms with Crippen molar-refractivity contribution in [3.8, 4) is 0 Å². The van der Waals surface area contributed by atoms with Crippen LogP contribution in [-0.2, 0) is 0 Å². The molecule has 0 saturated heterocycles. The molecule has 0 radical (unpaired) electrons. The Morgan fingerprint density at radius 1 is 1.00 bits per heavy atom. The van der Waals surface area contributed by atoms with Crippen LogP contribution in [0, 0.1) is 0 Å². The van der Waals surface area contributed by atoms with Crippen molar-refractivity contribution in [1.29, 1.82) is 0 Å². The molecule has 0 aliphatic carbocycles. The Hall–Kier alpha value is -0.0313. The second-order valence-corrected chi connectivity index (χ2v) is 21.3. The van der Waals surface area contributed by atoms with Gasteiger partial charge in [0.05, 0.1) is 0 Å². The van der Waals surface area contributed by atoms with Gasteiger partial charge in [-0.1, -0.05) is 0 Å². The van der Waals surface area contributed by atoms with Gasteiger partial charge in [0, 0.05) is 0 Å². The number of thiophene rings is 1. The summed E-state index contributed by atoms with van der Waals surface area (Å²) >= 11 is -0.788. The van der Waals surface area contributed by atoms with Gasteiger partial charge in [-0.2, -0.15) is 0 Å². The van der Waals surface area contributed by atoms with E-state index in [1.165, 1.54) is 54.7 Å². The van der Waals surface area contributed by atoms with E-state index in [2.05, 4.69) is 26.8 Å². The van der Waals surface area contributed by atoms with Crippen molar-refractivity contribution in [2.75, 3.05) is 0 Å². The van der Waals surface area contributed by atoms with Gasteiger partial charge in [-0.3, -0.25) is 0 Å². The van der Waals surface area contributed by atoms with Crippen LogP contribution in [0.4, 0.5) is 0 Å². The van der Waals surface area contributed by atoms with Crippen molar-refractivity contribution >= 4 is 38.6 Å². The zero-order valence-electron chi connectivity index (χ0n) is 13.8. The molecule has 1 heterocycles. The Morgan fingerprint density at radius 3 is 1.81 bits per heavy atom. The van der Waals surface area contributed by atoms with Gasteiger partial charge in [0.1, 0.15) is 0 Å². The predicted octanol–water partition coefficient (Wildman–Crippen LogP) is 5.50. The number of rotatable bonds is 11. The van der Waals surface area contributed by atoms with Crippen molar-refractivity contribution in [3.63, 3.8) is 0 Å². The molecule has 120 valence electrons. The Balaban J connectivity index is 3.06. The van der Waals surface area contributed by atoms with Crippen molar-refractivity contribution in [2.24, 2.45) is 0 Å². The third-order valence-corrected chi connectivity index (χ3v) is 23.7. The fourth-order valence-electron chi connectivity index (χ4n) is 3.03. The van der Waals surface area contributed by atoms with Gasteiger partial charge in [0.2, 0.25) is 0 Å². The van der Waals surface area contributed by atoms with Crippen molar-refractivity contribution in [1.82, 2.24) is 0 Å². The third kappa shape index (κ3) is 5.59. The van der Waals surface area contributed by atoms with E-state index in [4.69, 9.17) is 0 Å². The summed E-state index contributed by atoms with van der Waals surface area (Å²) in [6.07, 6.45) is 7.74. The van der Waals surface area contributed by atoms with Crippen molar-refractivity contribution in [3.05, 3.63) is 17.0 Å². The number of carboxylic acid groups (broad SMARTS) is 1. The van der Waals surface area contributed by atoms with E-state index in [9.17, 15) is 9.90 Å². The van der Waals surface area contributed by atoms with Gasteiger partial charge in [-0.15, -0.1) is 0 Å². The third-order valence-electron chi connectivity index (χ3n) is 4.37. The molecule has 0 aromatic carbocycles. The fourth-order valence-corrected chi connectivity index (χ4v) is 23.0. The molecule has 4 heteroatoms. The van der Waals surface area contributed by atoms with Crippen LogP contribution in [0.5, 0.6) is 0 Å². The standard InChI is InChI=1S/C5H3O2S.3C4H9.Sn/c6-5(7)4-2-1-3-8-4;3*1-3-4-2;/h1-2H,(H,6,7);3*1,3-4H2,2H3;. The maximum atomic E-state index is 11.2. The number of hydrogen-bond acceptors (Lipinski definition) is 2. The monoisotopic (exact) mass is 418 g/mol. The number of carbonyl (C=O) groups is 1. The fraction of sp³-hybridized carbons (Fsp3) is 0.706. The minimum atomic E-state index is -2.38. The first-order valence-corrected chi connectivity index (χ1v) is 16.7. The van der Waals surface area contributed by atoms with E-state index in [1.807, 2.05) is 6.07 Å². The molecule has 0 unspecified atom stereocenters. The molecule has 0 spiro atoms. The normalized spacial score (nSPS) is 11.8. The average Bonchev–Trinajstić information content (AvgIpc) is 2.97. The van der Waals surface area contributed by atoms with E-state index < -0.39 is 24.3 Å². The van der Waals surface area contributed by atoms with E-state index in [-0.39, 0.29) is 0 Å². The zero-order chi connectivity index (χ0) is 15.7. The van der Waals surface area contributed by atoms with Gasteiger partial charge in [0.15, 0.2) is 0 Å². The summed E-state index contributed by atoms with van der Waals surface area (Å²) in [5.41, 5.74) is 0. The van der Waals surface area contributed by atoms with E-state index >= 15 is 0 Å². The molecule has 1 aromatic rings. The second kappa shape index (κ2) is 9.88. The van der Waals surface area contributed by atoms with Crippen LogP contribution in [0.15, 0.2) is 12.1 Å². The van der Waals surface area contributed by atoms with Crippen LogP contribution in [0.3, 0.4) is 0 Å². The molecular formula is C17H30O2SSn. The Kier molecular flexibility index (Phi) is 8.95. The van der Waals surface area contributed by atoms with Crippen LogP contribution >= 0.6 is 11.3 Å². The summed E-state index contributed by atoms with van der Waals surface area (Å²) in [6.45, 7) is 6.81. The summed E-state index contributed by atoms with van der Waals surface area (Å²) in [6, 6.07) is 4.02. The Labute approximate surface area is 137 Å². The van der Waals surface area contributed by atoms with Crippen LogP contribution in [-0.4, -0.2) is 29.5 Å². The first kappa shape index (κ1) is 19.0. The Bertz CT molecular complexity index is 406. The van der Waals surface area contributed by atoms with Gasteiger partial charge in [0.25, 0.3) is 0 Å². The number of carboxylic acids is 1. The molecule has 0 bridgehead atoms. The van der Waals surface area contributed by atoms with Gasteiger partial charge in [-0.05, 0) is 0 Å². The molecule has 0 fully saturated rings. The molecule has 0 atom stereocenters. The minimum absolute atomic E-state index is 0.538. The maximum absolute atomic E-state index is 11.2. The molecule has 1 rings (SSSR count). The molecule has 0 aliphatic heterocycles. The van der Waals surface area contributed by atoms with Gasteiger partial charge < -0.3 is 0 Å². The number of unbranched alkanes of at least 4 members (excludes halogenated alkanes) is 3. The molecule has 0 saturated carbocycles. The molecule has 0 amide bonds. The molecule has 2 nitrogen and oxygen atoms in total. The summed E-state index contributed by atoms with van der Waals surface area (Å²) in [5, 5.41) is 9.23. The average molecular weight is 417 g/mol. The molecule has 21 heavy (non-hydrogen) atoms. The molecular weight excluding hydrogens is 387 g/mol. The molecule has 1 N–H and O–H groups in total. The second-order valence-electron chi connectivity index (χ2n) is 6.06. The van der Waals surface area contributed by atoms with Crippen LogP contribution in [0.2, 0.25) is 13.3 Å². The summed E-state index contributed by atoms with van der Waals surface area (Å²) in [4.78, 5) is 11.8. The summed E-state index contributed by atoms with van der Waals surface area (Å²) < 4.78 is 5.73. The van der Waals surface area contributed by atoms with E-state index in [1.54, 1.807) is 11.3 Å². The van der Waals surface area contributed by atoms with Gasteiger partial charge >= 0.3 is 138 Å². The summed E-state index contributed by atoms with van der Waals surface area (Å²) in [7, 11) is 0. The zero-order valence-corrected chi connectivity index (χ0v) is 17.5. The molecule has 0 aliphatic rings. The van der Waals surface area contributed by atoms with Crippen LogP contribution in [0.1, 0.15) is 69.0 Å². The Morgan fingerprint density at radius 2 is 1.48 bits per heavy atom. The van der Waals surface area contributed by atoms with Gasteiger partial charge in [-0.25, -0.2) is 0 Å². The van der Waals surface area contributed by atoms with E-state index in [0.29, 0.717) is 4.88 Å². The van der Waals surface area contributed by atoms with Crippen LogP contribution in [0.25, 0.3) is 0 Å². The first-order chi connectivity index (χ1) is 10.1. The topological polar surface area (TPSA) is 37.3 Å². The van der Waals surface area contributed by atoms with Crippen molar-refractivity contribution < 1.29 is 9.90 Å². The number of hydrogen-bond donors (Lipinski definition) is 1. The van der Waals surface area contributed by atoms with E-state index in [0.717, 1.165) is 0 Å². The predicted molar refractivity (Wildman–Crippen MR) is 95.8 cm³/mol. The van der Waals surface area contributed by atoms with Crippen LogP contribution < -0.4 is 2.89 Å². The number of aromatic carboxylic acids is 1.